The average molecular weight is 407 g/mol. The number of hydrogen-bond acceptors (Lipinski definition) is 3. The largest absolute Gasteiger partial charge is 0.351 e. The Kier molecular flexibility index (Phi) is 7.66. The van der Waals surface area contributed by atoms with Gasteiger partial charge in [0, 0.05) is 29.1 Å². The summed E-state index contributed by atoms with van der Waals surface area (Å²) in [5.74, 6) is -0.209. The molecule has 0 fully saturated rings. The van der Waals surface area contributed by atoms with Crippen LogP contribution in [-0.4, -0.2) is 42.9 Å². The van der Waals surface area contributed by atoms with Gasteiger partial charge in [-0.3, -0.25) is 9.59 Å². The van der Waals surface area contributed by atoms with Gasteiger partial charge >= 0.3 is 0 Å². The molecule has 2 amide bonds. The molecular weight excluding hydrogens is 385 g/mol. The third-order valence-corrected chi connectivity index (χ3v) is 4.04. The van der Waals surface area contributed by atoms with Gasteiger partial charge in [0.05, 0.1) is 5.69 Å². The minimum Gasteiger partial charge on any atom is -0.351 e. The minimum absolute atomic E-state index is 0.0885. The molecule has 5 nitrogen and oxygen atoms in total. The highest BCUT2D eigenvalue weighted by molar-refractivity contribution is 14.1. The molecule has 0 aromatic heterocycles. The molecule has 0 spiro atoms. The SMILES string of the molecule is CCN(CC)CCNC(=O)c1ccc(NC(C)=O)c([131I])c1. The highest BCUT2D eigenvalue weighted by Gasteiger charge is 2.09. The fourth-order valence-electron chi connectivity index (χ4n) is 1.92. The van der Waals surface area contributed by atoms with Crippen LogP contribution in [0.4, 0.5) is 5.69 Å². The van der Waals surface area contributed by atoms with Crippen LogP contribution in [0, 0.1) is 3.57 Å². The highest BCUT2D eigenvalue weighted by Crippen LogP contribution is 2.19. The van der Waals surface area contributed by atoms with Crippen LogP contribution in [-0.2, 0) is 4.79 Å². The predicted molar refractivity (Wildman–Crippen MR) is 93.6 cm³/mol. The Bertz CT molecular complexity index is 502. The number of benzene rings is 1. The summed E-state index contributed by atoms with van der Waals surface area (Å²) < 4.78 is 0.846. The van der Waals surface area contributed by atoms with Crippen LogP contribution in [0.25, 0.3) is 0 Å². The number of carbonyl (C=O) groups excluding carboxylic acids is 2. The molecule has 1 aromatic carbocycles. The lowest BCUT2D eigenvalue weighted by Gasteiger charge is -2.18. The van der Waals surface area contributed by atoms with Gasteiger partial charge in [-0.25, -0.2) is 0 Å². The second-order valence-electron chi connectivity index (χ2n) is 4.66. The van der Waals surface area contributed by atoms with E-state index in [1.807, 2.05) is 0 Å². The maximum absolute atomic E-state index is 12.1. The van der Waals surface area contributed by atoms with Crippen LogP contribution >= 0.6 is 22.6 Å². The van der Waals surface area contributed by atoms with Crippen LogP contribution in [0.1, 0.15) is 31.1 Å². The smallest absolute Gasteiger partial charge is 0.251 e. The molecule has 0 radical (unpaired) electrons. The zero-order valence-corrected chi connectivity index (χ0v) is 14.9. The van der Waals surface area contributed by atoms with E-state index in [0.717, 1.165) is 28.9 Å². The Hall–Kier alpha value is -1.15. The first-order valence-corrected chi connectivity index (χ1v) is 8.13. The molecule has 0 aliphatic rings. The summed E-state index contributed by atoms with van der Waals surface area (Å²) in [6.07, 6.45) is 0. The molecular formula is C15H22IN3O2. The zero-order valence-electron chi connectivity index (χ0n) is 12.7. The minimum atomic E-state index is -0.121. The Labute approximate surface area is 139 Å². The number of nitrogens with zero attached hydrogens (tertiary/aromatic N) is 1. The number of likely N-dealkylation sites (N-methyl/N-ethyl adjacent to an activating group) is 1. The summed E-state index contributed by atoms with van der Waals surface area (Å²) in [5.41, 5.74) is 1.33. The summed E-state index contributed by atoms with van der Waals surface area (Å²) >= 11 is 2.11. The molecule has 0 saturated carbocycles. The molecule has 1 aromatic rings. The maximum Gasteiger partial charge on any atom is 0.251 e. The summed E-state index contributed by atoms with van der Waals surface area (Å²) in [6.45, 7) is 9.11. The molecule has 6 heteroatoms. The van der Waals surface area contributed by atoms with Gasteiger partial charge in [0.1, 0.15) is 0 Å². The van der Waals surface area contributed by atoms with Crippen molar-refractivity contribution < 1.29 is 9.59 Å². The van der Waals surface area contributed by atoms with Crippen LogP contribution in [0.2, 0.25) is 0 Å². The molecule has 0 heterocycles. The Morgan fingerprint density at radius 3 is 2.43 bits per heavy atom. The van der Waals surface area contributed by atoms with Crippen molar-refractivity contribution in [2.24, 2.45) is 0 Å². The van der Waals surface area contributed by atoms with Crippen LogP contribution in [0.3, 0.4) is 0 Å². The quantitative estimate of drug-likeness (QED) is 0.683. The van der Waals surface area contributed by atoms with Gasteiger partial charge in [-0.05, 0) is 53.9 Å². The molecule has 116 valence electrons. The fraction of sp³-hybridized carbons (Fsp3) is 0.467. The van der Waals surface area contributed by atoms with Crippen LogP contribution in [0.5, 0.6) is 0 Å². The third kappa shape index (κ3) is 6.01. The first-order valence-electron chi connectivity index (χ1n) is 7.05. The normalized spacial score (nSPS) is 10.5. The monoisotopic (exact) mass is 407 g/mol. The van der Waals surface area contributed by atoms with E-state index in [1.54, 1.807) is 18.2 Å². The van der Waals surface area contributed by atoms with Crippen molar-refractivity contribution in [1.29, 1.82) is 0 Å². The molecule has 0 aliphatic heterocycles. The molecule has 0 unspecified atom stereocenters. The molecule has 2 N–H and O–H groups in total. The maximum atomic E-state index is 12.1. The number of nitrogens with one attached hydrogen (secondary N) is 2. The van der Waals surface area contributed by atoms with Crippen molar-refractivity contribution in [1.82, 2.24) is 10.2 Å². The molecule has 0 aliphatic carbocycles. The van der Waals surface area contributed by atoms with Gasteiger partial charge in [0.25, 0.3) is 5.91 Å². The van der Waals surface area contributed by atoms with Crippen molar-refractivity contribution >= 4 is 40.1 Å². The van der Waals surface area contributed by atoms with Crippen molar-refractivity contribution in [3.8, 4) is 0 Å². The second-order valence-corrected chi connectivity index (χ2v) is 5.82. The lowest BCUT2D eigenvalue weighted by Crippen LogP contribution is -2.34. The highest BCUT2D eigenvalue weighted by atomic mass is 131. The second kappa shape index (κ2) is 8.99. The predicted octanol–water partition coefficient (Wildman–Crippen LogP) is 2.32. The van der Waals surface area contributed by atoms with E-state index < -0.39 is 0 Å². The zero-order chi connectivity index (χ0) is 15.8. The topological polar surface area (TPSA) is 61.4 Å². The van der Waals surface area contributed by atoms with E-state index in [0.29, 0.717) is 12.1 Å². The molecule has 0 bridgehead atoms. The van der Waals surface area contributed by atoms with E-state index in [9.17, 15) is 9.59 Å². The summed E-state index contributed by atoms with van der Waals surface area (Å²) in [5, 5.41) is 5.64. The molecule has 21 heavy (non-hydrogen) atoms. The van der Waals surface area contributed by atoms with Crippen LogP contribution < -0.4 is 10.6 Å². The molecule has 0 saturated heterocycles. The summed E-state index contributed by atoms with van der Waals surface area (Å²) in [4.78, 5) is 25.4. The van der Waals surface area contributed by atoms with Gasteiger partial charge in [-0.2, -0.15) is 0 Å². The number of rotatable bonds is 7. The van der Waals surface area contributed by atoms with E-state index in [2.05, 4.69) is 52.0 Å². The van der Waals surface area contributed by atoms with E-state index in [4.69, 9.17) is 0 Å². The van der Waals surface area contributed by atoms with Gasteiger partial charge in [0.2, 0.25) is 5.91 Å². The van der Waals surface area contributed by atoms with Crippen molar-refractivity contribution in [2.45, 2.75) is 20.8 Å². The Morgan fingerprint density at radius 2 is 1.90 bits per heavy atom. The van der Waals surface area contributed by atoms with E-state index in [1.165, 1.54) is 6.92 Å². The number of carbonyl (C=O) groups is 2. The first-order chi connectivity index (χ1) is 9.97. The van der Waals surface area contributed by atoms with Crippen LogP contribution in [0.15, 0.2) is 18.2 Å². The number of halogens is 1. The Morgan fingerprint density at radius 1 is 1.24 bits per heavy atom. The van der Waals surface area contributed by atoms with Crippen molar-refractivity contribution in [3.05, 3.63) is 27.3 Å². The number of hydrogen-bond donors (Lipinski definition) is 2. The lowest BCUT2D eigenvalue weighted by atomic mass is 10.2. The van der Waals surface area contributed by atoms with Crippen molar-refractivity contribution in [2.75, 3.05) is 31.5 Å². The molecule has 1 rings (SSSR count). The number of anilines is 1. The fourth-order valence-corrected chi connectivity index (χ4v) is 2.57. The lowest BCUT2D eigenvalue weighted by molar-refractivity contribution is -0.114. The van der Waals surface area contributed by atoms with Crippen molar-refractivity contribution in [3.63, 3.8) is 0 Å². The summed E-state index contributed by atoms with van der Waals surface area (Å²) in [7, 11) is 0. The van der Waals surface area contributed by atoms with Gasteiger partial charge in [-0.1, -0.05) is 13.8 Å². The number of amides is 2. The first kappa shape index (κ1) is 17.9. The third-order valence-electron chi connectivity index (χ3n) is 3.15. The Balaban J connectivity index is 2.58. The summed E-state index contributed by atoms with van der Waals surface area (Å²) in [6, 6.07) is 5.25. The average Bonchev–Trinajstić information content (AvgIpc) is 2.45. The van der Waals surface area contributed by atoms with E-state index >= 15 is 0 Å². The van der Waals surface area contributed by atoms with Gasteiger partial charge in [-0.15, -0.1) is 0 Å². The van der Waals surface area contributed by atoms with Gasteiger partial charge in [0.15, 0.2) is 0 Å². The van der Waals surface area contributed by atoms with Gasteiger partial charge < -0.3 is 15.5 Å². The van der Waals surface area contributed by atoms with E-state index in [-0.39, 0.29) is 11.8 Å². The standard InChI is InChI=1S/C15H22IN3O2/c1-4-19(5-2)9-8-17-15(21)12-6-7-14(13(16)10-12)18-11(3)20/h6-7,10H,4-5,8-9H2,1-3H3,(H,17,21)(H,18,20)/i16+4. The molecule has 0 atom stereocenters.